The van der Waals surface area contributed by atoms with Crippen molar-refractivity contribution < 1.29 is 0 Å². The van der Waals surface area contributed by atoms with E-state index in [1.165, 1.54) is 12.7 Å². The molecular formula is C10H11I2N3. The van der Waals surface area contributed by atoms with Gasteiger partial charge in [-0.05, 0) is 62.9 Å². The van der Waals surface area contributed by atoms with Crippen molar-refractivity contribution >= 4 is 51.1 Å². The maximum Gasteiger partial charge on any atom is 0.188 e. The lowest BCUT2D eigenvalue weighted by Gasteiger charge is -2.22. The van der Waals surface area contributed by atoms with E-state index in [1.54, 1.807) is 0 Å². The van der Waals surface area contributed by atoms with E-state index in [9.17, 15) is 0 Å². The third-order valence-corrected chi connectivity index (χ3v) is 4.02. The molecule has 1 aromatic carbocycles. The molecule has 0 saturated carbocycles. The minimum atomic E-state index is 0.446. The van der Waals surface area contributed by atoms with E-state index in [0.717, 1.165) is 13.1 Å². The molecule has 1 aliphatic rings. The number of rotatable bonds is 1. The normalized spacial score (nSPS) is 20.7. The van der Waals surface area contributed by atoms with Crippen LogP contribution in [0.4, 0.5) is 0 Å². The molecule has 0 aromatic heterocycles. The zero-order chi connectivity index (χ0) is 10.8. The summed E-state index contributed by atoms with van der Waals surface area (Å²) in [7, 11) is 0. The Morgan fingerprint density at radius 2 is 2.20 bits per heavy atom. The van der Waals surface area contributed by atoms with Crippen molar-refractivity contribution in [2.45, 2.75) is 5.92 Å². The number of nitrogens with zero attached hydrogens (tertiary/aromatic N) is 1. The molecule has 0 aliphatic carbocycles. The standard InChI is InChI=1S/C10H11I2N3/c11-7-1-2-8(9(12)3-7)6-4-14-10(13)15-5-6/h1-3,6H,4-5H2,(H3,13,14,15). The summed E-state index contributed by atoms with van der Waals surface area (Å²) >= 11 is 4.71. The van der Waals surface area contributed by atoms with Crippen LogP contribution in [0.3, 0.4) is 0 Å². The first-order chi connectivity index (χ1) is 7.16. The molecule has 15 heavy (non-hydrogen) atoms. The summed E-state index contributed by atoms with van der Waals surface area (Å²) in [5.41, 5.74) is 6.93. The number of halogens is 2. The first-order valence-electron chi connectivity index (χ1n) is 4.65. The number of hydrogen-bond acceptors (Lipinski definition) is 3. The molecule has 3 N–H and O–H groups in total. The molecule has 0 radical (unpaired) electrons. The minimum absolute atomic E-state index is 0.446. The lowest BCUT2D eigenvalue weighted by atomic mass is 9.98. The maximum absolute atomic E-state index is 5.57. The number of aliphatic imine (C=N–C) groups is 1. The van der Waals surface area contributed by atoms with Gasteiger partial charge in [0.15, 0.2) is 5.96 Å². The molecule has 1 atom stereocenters. The predicted molar refractivity (Wildman–Crippen MR) is 79.1 cm³/mol. The van der Waals surface area contributed by atoms with E-state index >= 15 is 0 Å². The monoisotopic (exact) mass is 427 g/mol. The van der Waals surface area contributed by atoms with Gasteiger partial charge in [0.1, 0.15) is 0 Å². The van der Waals surface area contributed by atoms with Crippen molar-refractivity contribution in [3.8, 4) is 0 Å². The Morgan fingerprint density at radius 1 is 1.40 bits per heavy atom. The van der Waals surface area contributed by atoms with E-state index in [2.05, 4.69) is 73.7 Å². The van der Waals surface area contributed by atoms with Crippen LogP contribution in [0.25, 0.3) is 0 Å². The van der Waals surface area contributed by atoms with Crippen LogP contribution in [-0.2, 0) is 0 Å². The molecule has 0 spiro atoms. The molecule has 3 nitrogen and oxygen atoms in total. The van der Waals surface area contributed by atoms with Crippen molar-refractivity contribution in [3.05, 3.63) is 30.9 Å². The molecule has 1 aliphatic heterocycles. The molecular weight excluding hydrogens is 416 g/mol. The Balaban J connectivity index is 2.23. The second-order valence-corrected chi connectivity index (χ2v) is 5.88. The van der Waals surface area contributed by atoms with E-state index in [1.807, 2.05) is 0 Å². The van der Waals surface area contributed by atoms with Crippen LogP contribution < -0.4 is 11.1 Å². The molecule has 0 fully saturated rings. The maximum atomic E-state index is 5.57. The molecule has 1 heterocycles. The predicted octanol–water partition coefficient (Wildman–Crippen LogP) is 1.90. The SMILES string of the molecule is NC1=NCC(c2ccc(I)cc2I)CN1. The average Bonchev–Trinajstić information content (AvgIpc) is 2.20. The molecule has 80 valence electrons. The number of benzene rings is 1. The van der Waals surface area contributed by atoms with Crippen molar-refractivity contribution in [1.82, 2.24) is 5.32 Å². The van der Waals surface area contributed by atoms with Crippen LogP contribution in [0.1, 0.15) is 11.5 Å². The van der Waals surface area contributed by atoms with Crippen molar-refractivity contribution in [2.75, 3.05) is 13.1 Å². The van der Waals surface area contributed by atoms with E-state index in [0.29, 0.717) is 11.9 Å². The van der Waals surface area contributed by atoms with Crippen molar-refractivity contribution in [1.29, 1.82) is 0 Å². The molecule has 0 bridgehead atoms. The van der Waals surface area contributed by atoms with Gasteiger partial charge >= 0.3 is 0 Å². The van der Waals surface area contributed by atoms with E-state index < -0.39 is 0 Å². The fourth-order valence-electron chi connectivity index (χ4n) is 1.60. The summed E-state index contributed by atoms with van der Waals surface area (Å²) < 4.78 is 2.58. The molecule has 5 heteroatoms. The number of guanidine groups is 1. The Labute approximate surface area is 116 Å². The largest absolute Gasteiger partial charge is 0.370 e. The number of nitrogens with one attached hydrogen (secondary N) is 1. The molecule has 1 unspecified atom stereocenters. The zero-order valence-corrected chi connectivity index (χ0v) is 12.3. The third kappa shape index (κ3) is 2.74. The highest BCUT2D eigenvalue weighted by atomic mass is 127. The van der Waals surface area contributed by atoms with Gasteiger partial charge in [0, 0.05) is 19.6 Å². The van der Waals surface area contributed by atoms with Crippen LogP contribution in [-0.4, -0.2) is 19.0 Å². The Kier molecular flexibility index (Phi) is 3.70. The second kappa shape index (κ2) is 4.86. The number of hydrogen-bond donors (Lipinski definition) is 2. The smallest absolute Gasteiger partial charge is 0.188 e. The van der Waals surface area contributed by atoms with Crippen LogP contribution in [0, 0.1) is 7.14 Å². The van der Waals surface area contributed by atoms with Gasteiger partial charge < -0.3 is 11.1 Å². The zero-order valence-electron chi connectivity index (χ0n) is 8.00. The van der Waals surface area contributed by atoms with Crippen LogP contribution in [0.2, 0.25) is 0 Å². The van der Waals surface area contributed by atoms with Gasteiger partial charge in [0.25, 0.3) is 0 Å². The van der Waals surface area contributed by atoms with Gasteiger partial charge in [-0.25, -0.2) is 0 Å². The van der Waals surface area contributed by atoms with Crippen LogP contribution in [0.5, 0.6) is 0 Å². The highest BCUT2D eigenvalue weighted by Crippen LogP contribution is 2.24. The van der Waals surface area contributed by atoms with Gasteiger partial charge in [-0.15, -0.1) is 0 Å². The van der Waals surface area contributed by atoms with E-state index in [4.69, 9.17) is 5.73 Å². The number of nitrogens with two attached hydrogens (primary N) is 1. The summed E-state index contributed by atoms with van der Waals surface area (Å²) in [5, 5.41) is 3.09. The molecule has 0 amide bonds. The average molecular weight is 427 g/mol. The third-order valence-electron chi connectivity index (χ3n) is 2.41. The van der Waals surface area contributed by atoms with Gasteiger partial charge in [-0.2, -0.15) is 0 Å². The Hall–Kier alpha value is -0.0500. The first-order valence-corrected chi connectivity index (χ1v) is 6.81. The van der Waals surface area contributed by atoms with Gasteiger partial charge in [0.2, 0.25) is 0 Å². The molecule has 2 rings (SSSR count). The topological polar surface area (TPSA) is 50.4 Å². The second-order valence-electron chi connectivity index (χ2n) is 3.47. The van der Waals surface area contributed by atoms with Crippen molar-refractivity contribution in [3.63, 3.8) is 0 Å². The lowest BCUT2D eigenvalue weighted by molar-refractivity contribution is 0.632. The Bertz CT molecular complexity index is 404. The molecule has 0 saturated heterocycles. The summed E-state index contributed by atoms with van der Waals surface area (Å²) in [6.07, 6.45) is 0. The molecule has 1 aromatic rings. The minimum Gasteiger partial charge on any atom is -0.370 e. The summed E-state index contributed by atoms with van der Waals surface area (Å²) in [5.74, 6) is 1.01. The van der Waals surface area contributed by atoms with Gasteiger partial charge in [0.05, 0.1) is 6.54 Å². The highest BCUT2D eigenvalue weighted by molar-refractivity contribution is 14.1. The van der Waals surface area contributed by atoms with E-state index in [-0.39, 0.29) is 0 Å². The highest BCUT2D eigenvalue weighted by Gasteiger charge is 2.17. The fraction of sp³-hybridized carbons (Fsp3) is 0.300. The first kappa shape index (κ1) is 11.4. The summed E-state index contributed by atoms with van der Waals surface area (Å²) in [6, 6.07) is 6.52. The Morgan fingerprint density at radius 3 is 2.80 bits per heavy atom. The van der Waals surface area contributed by atoms with Crippen molar-refractivity contribution in [2.24, 2.45) is 10.7 Å². The lowest BCUT2D eigenvalue weighted by Crippen LogP contribution is -2.39. The fourth-order valence-corrected chi connectivity index (χ4v) is 3.64. The summed E-state index contributed by atoms with van der Waals surface area (Å²) in [4.78, 5) is 4.23. The quantitative estimate of drug-likeness (QED) is 0.674. The van der Waals surface area contributed by atoms with Crippen LogP contribution in [0.15, 0.2) is 23.2 Å². The van der Waals surface area contributed by atoms with Crippen LogP contribution >= 0.6 is 45.2 Å². The van der Waals surface area contributed by atoms with Gasteiger partial charge in [-0.1, -0.05) is 6.07 Å². The summed E-state index contributed by atoms with van der Waals surface area (Å²) in [6.45, 7) is 1.67. The van der Waals surface area contributed by atoms with Gasteiger partial charge in [-0.3, -0.25) is 4.99 Å².